The molecule has 45 heavy (non-hydrogen) atoms. The summed E-state index contributed by atoms with van der Waals surface area (Å²) in [5.41, 5.74) is 12.9. The zero-order chi connectivity index (χ0) is 30.8. The first-order chi connectivity index (χ1) is 20.7. The first-order valence-electron chi connectivity index (χ1n) is 15.0. The predicted octanol–water partition coefficient (Wildman–Crippen LogP) is 11.8. The van der Waals surface area contributed by atoms with E-state index in [2.05, 4.69) is 121 Å². The van der Waals surface area contributed by atoms with Crippen LogP contribution in [0.3, 0.4) is 0 Å². The molecule has 1 aliphatic rings. The number of benzene rings is 4. The van der Waals surface area contributed by atoms with Crippen molar-refractivity contribution in [2.24, 2.45) is 0 Å². The Morgan fingerprint density at radius 3 is 1.82 bits per heavy atom. The molecule has 0 heterocycles. The fourth-order valence-corrected chi connectivity index (χ4v) is 7.51. The maximum Gasteiger partial charge on any atom is -0.0253 e. The van der Waals surface area contributed by atoms with Gasteiger partial charge in [-0.15, -0.1) is 30.4 Å². The Labute approximate surface area is 303 Å². The van der Waals surface area contributed by atoms with Gasteiger partial charge in [0.1, 0.15) is 0 Å². The first-order valence-corrected chi connectivity index (χ1v) is 18.6. The summed E-state index contributed by atoms with van der Waals surface area (Å²) < 4.78 is 4.66. The van der Waals surface area contributed by atoms with Gasteiger partial charge in [-0.05, 0) is 6.42 Å². The van der Waals surface area contributed by atoms with Crippen LogP contribution in [0.15, 0.2) is 103 Å². The number of hydrogen-bond acceptors (Lipinski definition) is 0. The maximum atomic E-state index is 5.84. The second-order valence-electron chi connectivity index (χ2n) is 11.7. The third kappa shape index (κ3) is 11.6. The minimum Gasteiger partial charge on any atom is -0.179 e. The van der Waals surface area contributed by atoms with Gasteiger partial charge >= 0.3 is 123 Å². The second-order valence-corrected chi connectivity index (χ2v) is 14.8. The minimum atomic E-state index is -0.623. The molecule has 0 spiro atoms. The van der Waals surface area contributed by atoms with Crippen molar-refractivity contribution in [3.8, 4) is 11.1 Å². The van der Waals surface area contributed by atoms with E-state index in [-0.39, 0.29) is 24.8 Å². The van der Waals surface area contributed by atoms with Crippen LogP contribution in [0, 0.1) is 6.07 Å². The molecule has 0 saturated heterocycles. The number of rotatable bonds is 4. The maximum absolute atomic E-state index is 5.84. The van der Waals surface area contributed by atoms with Crippen LogP contribution in [0.5, 0.6) is 0 Å². The summed E-state index contributed by atoms with van der Waals surface area (Å²) >= 11 is 11.0. The van der Waals surface area contributed by atoms with Crippen molar-refractivity contribution >= 4 is 55.4 Å². The van der Waals surface area contributed by atoms with Crippen LogP contribution < -0.4 is 0 Å². The van der Waals surface area contributed by atoms with Crippen LogP contribution in [-0.2, 0) is 46.9 Å². The smallest absolute Gasteiger partial charge is 0.0253 e. The van der Waals surface area contributed by atoms with E-state index in [4.69, 9.17) is 23.2 Å². The van der Waals surface area contributed by atoms with Gasteiger partial charge in [-0.1, -0.05) is 88.3 Å². The summed E-state index contributed by atoms with van der Waals surface area (Å²) in [7, 11) is 0. The molecule has 0 amide bonds. The van der Waals surface area contributed by atoms with Crippen LogP contribution in [0.2, 0.25) is 10.0 Å². The molecule has 1 aliphatic carbocycles. The van der Waals surface area contributed by atoms with Gasteiger partial charge < -0.3 is 0 Å². The van der Waals surface area contributed by atoms with Crippen molar-refractivity contribution in [1.82, 2.24) is 0 Å². The SMILES string of the molecule is CCc1cc(C(C)(C)C)c(CC)[cH-]1.Cl.Cl.Clc1ccc([CH]=[Zr]=[CH]c2ccc(Cl)cc2)cc1.[c-]1cccc2c1Cc1ccccc1-2. The van der Waals surface area contributed by atoms with Gasteiger partial charge in [-0.3, -0.25) is 0 Å². The summed E-state index contributed by atoms with van der Waals surface area (Å²) in [5.74, 6) is 0. The quantitative estimate of drug-likeness (QED) is 0.157. The zero-order valence-electron chi connectivity index (χ0n) is 26.7. The molecule has 5 heteroatoms. The molecule has 0 fully saturated rings. The Morgan fingerprint density at radius 1 is 0.756 bits per heavy atom. The van der Waals surface area contributed by atoms with Crippen molar-refractivity contribution in [3.63, 3.8) is 0 Å². The molecule has 0 radical (unpaired) electrons. The van der Waals surface area contributed by atoms with Gasteiger partial charge in [0.15, 0.2) is 0 Å². The zero-order valence-corrected chi connectivity index (χ0v) is 32.3. The number of fused-ring (bicyclic) bond motifs is 3. The van der Waals surface area contributed by atoms with Gasteiger partial charge in [-0.25, -0.2) is 6.07 Å². The van der Waals surface area contributed by atoms with E-state index in [0.717, 1.165) is 29.3 Å². The van der Waals surface area contributed by atoms with Gasteiger partial charge in [0, 0.05) is 0 Å². The molecule has 0 atom stereocenters. The fraction of sp³-hybridized carbons (Fsp3) is 0.225. The molecule has 0 aliphatic heterocycles. The molecule has 0 N–H and O–H groups in total. The number of aryl methyl sites for hydroxylation is 2. The molecular weight excluding hydrogens is 713 g/mol. The molecule has 236 valence electrons. The molecule has 0 bridgehead atoms. The Kier molecular flexibility index (Phi) is 16.5. The molecule has 5 aromatic rings. The Hall–Kier alpha value is -1.99. The molecule has 5 aromatic carbocycles. The van der Waals surface area contributed by atoms with Gasteiger partial charge in [0.05, 0.1) is 0 Å². The minimum absolute atomic E-state index is 0. The van der Waals surface area contributed by atoms with Crippen LogP contribution in [0.25, 0.3) is 11.1 Å². The summed E-state index contributed by atoms with van der Waals surface area (Å²) in [5, 5.41) is 1.57. The molecular formula is C40H42Cl4Zr-2. The first kappa shape index (κ1) is 39.2. The van der Waals surface area contributed by atoms with E-state index >= 15 is 0 Å². The second kappa shape index (κ2) is 19.0. The van der Waals surface area contributed by atoms with E-state index in [1.165, 1.54) is 50.1 Å². The number of hydrogen-bond donors (Lipinski definition) is 0. The van der Waals surface area contributed by atoms with E-state index in [0.29, 0.717) is 5.41 Å². The van der Waals surface area contributed by atoms with Crippen molar-refractivity contribution in [3.05, 3.63) is 158 Å². The van der Waals surface area contributed by atoms with Crippen LogP contribution in [-0.4, -0.2) is 7.42 Å². The van der Waals surface area contributed by atoms with E-state index in [1.54, 1.807) is 0 Å². The summed E-state index contributed by atoms with van der Waals surface area (Å²) in [4.78, 5) is 0. The molecule has 0 saturated carbocycles. The summed E-state index contributed by atoms with van der Waals surface area (Å²) in [6.07, 6.45) is 3.36. The Morgan fingerprint density at radius 2 is 1.31 bits per heavy atom. The summed E-state index contributed by atoms with van der Waals surface area (Å²) in [6.45, 7) is 11.3. The monoisotopic (exact) mass is 752 g/mol. The standard InChI is InChI=1S/C13H9.C13H21.2C7H5Cl.2ClH.Zr/c1-3-7-12-10(5-1)9-11-6-2-4-8-13(11)12;1-6-10-8-11(7-2)12(9-10)13(3,4)5;2*1-6-2-4-7(8)5-3-6;;;/h1-5,7-8H,9H2;8-9H,6-7H2,1-5H3;2*1-5H;2*1H;/q2*-1;;;;;. The van der Waals surface area contributed by atoms with Crippen LogP contribution >= 0.6 is 48.0 Å². The van der Waals surface area contributed by atoms with Crippen molar-refractivity contribution in [2.45, 2.75) is 59.3 Å². The fourth-order valence-electron chi connectivity index (χ4n) is 5.17. The van der Waals surface area contributed by atoms with Gasteiger partial charge in [-0.2, -0.15) is 52.6 Å². The normalized spacial score (nSPS) is 10.6. The topological polar surface area (TPSA) is 0 Å². The molecule has 6 rings (SSSR count). The largest absolute Gasteiger partial charge is 0.179 e. The molecule has 0 unspecified atom stereocenters. The van der Waals surface area contributed by atoms with Crippen LogP contribution in [0.4, 0.5) is 0 Å². The third-order valence-electron chi connectivity index (χ3n) is 7.49. The predicted molar refractivity (Wildman–Crippen MR) is 201 cm³/mol. The molecule has 0 nitrogen and oxygen atoms in total. The average Bonchev–Trinajstić information content (AvgIpc) is 3.62. The molecule has 0 aromatic heterocycles. The van der Waals surface area contributed by atoms with Crippen molar-refractivity contribution in [2.75, 3.05) is 0 Å². The van der Waals surface area contributed by atoms with Gasteiger partial charge in [0.2, 0.25) is 0 Å². The number of halogens is 4. The Balaban J connectivity index is 0.000000233. The van der Waals surface area contributed by atoms with E-state index < -0.39 is 22.3 Å². The van der Waals surface area contributed by atoms with Crippen LogP contribution in [0.1, 0.15) is 73.6 Å². The third-order valence-corrected chi connectivity index (χ3v) is 10.5. The van der Waals surface area contributed by atoms with Crippen molar-refractivity contribution < 1.29 is 22.3 Å². The Bertz CT molecular complexity index is 1590. The van der Waals surface area contributed by atoms with Crippen molar-refractivity contribution in [1.29, 1.82) is 0 Å². The summed E-state index contributed by atoms with van der Waals surface area (Å²) in [6, 6.07) is 38.8. The average molecular weight is 756 g/mol. The van der Waals surface area contributed by atoms with Gasteiger partial charge in [0.25, 0.3) is 0 Å². The van der Waals surface area contributed by atoms with E-state index in [1.807, 2.05) is 30.3 Å². The van der Waals surface area contributed by atoms with E-state index in [9.17, 15) is 0 Å².